The van der Waals surface area contributed by atoms with Crippen molar-refractivity contribution < 1.29 is 14.0 Å². The first kappa shape index (κ1) is 14.5. The third kappa shape index (κ3) is 2.54. The number of hydrazine groups is 1. The second-order valence-corrected chi connectivity index (χ2v) is 5.45. The van der Waals surface area contributed by atoms with E-state index in [1.807, 2.05) is 24.2 Å². The summed E-state index contributed by atoms with van der Waals surface area (Å²) in [6, 6.07) is 3.30. The van der Waals surface area contributed by atoms with Crippen LogP contribution in [0.3, 0.4) is 0 Å². The maximum absolute atomic E-state index is 12.2. The zero-order chi connectivity index (χ0) is 14.9. The van der Waals surface area contributed by atoms with E-state index in [0.29, 0.717) is 18.8 Å². The smallest absolute Gasteiger partial charge is 0.300 e. The van der Waals surface area contributed by atoms with Crippen LogP contribution in [0.25, 0.3) is 0 Å². The van der Waals surface area contributed by atoms with Crippen molar-refractivity contribution >= 4 is 11.8 Å². The molecule has 0 unspecified atom stereocenters. The number of carbonyl (C=O) groups is 2. The van der Waals surface area contributed by atoms with Crippen LogP contribution in [0, 0.1) is 0 Å². The van der Waals surface area contributed by atoms with Gasteiger partial charge in [0.15, 0.2) is 5.76 Å². The molecule has 0 spiro atoms. The zero-order valence-corrected chi connectivity index (χ0v) is 12.0. The molecule has 0 bridgehead atoms. The highest BCUT2D eigenvalue weighted by atomic mass is 16.4. The van der Waals surface area contributed by atoms with Gasteiger partial charge >= 0.3 is 5.91 Å². The van der Waals surface area contributed by atoms with Gasteiger partial charge in [0.2, 0.25) is 5.91 Å². The second kappa shape index (κ2) is 5.26. The molecule has 0 atom stereocenters. The fourth-order valence-corrected chi connectivity index (χ4v) is 2.37. The highest BCUT2D eigenvalue weighted by Gasteiger charge is 2.40. The van der Waals surface area contributed by atoms with Gasteiger partial charge in [0, 0.05) is 20.1 Å². The summed E-state index contributed by atoms with van der Waals surface area (Å²) in [6.07, 6.45) is 0. The number of furan rings is 1. The second-order valence-electron chi connectivity index (χ2n) is 5.45. The molecule has 2 rings (SSSR count). The Labute approximate surface area is 117 Å². The summed E-state index contributed by atoms with van der Waals surface area (Å²) in [5.41, 5.74) is 1.43. The molecule has 7 heteroatoms. The number of nitrogens with zero attached hydrogens (tertiary/aromatic N) is 2. The molecule has 1 aliphatic rings. The molecule has 1 aliphatic heterocycles. The Morgan fingerprint density at radius 3 is 2.80 bits per heavy atom. The predicted molar refractivity (Wildman–Crippen MR) is 72.5 cm³/mol. The Hall–Kier alpha value is -1.86. The van der Waals surface area contributed by atoms with Crippen molar-refractivity contribution in [3.05, 3.63) is 23.7 Å². The molecule has 7 nitrogen and oxygen atoms in total. The molecular formula is C13H20N4O3. The van der Waals surface area contributed by atoms with Gasteiger partial charge in [-0.25, -0.2) is 5.84 Å². The van der Waals surface area contributed by atoms with Crippen LogP contribution in [0.5, 0.6) is 0 Å². The molecule has 0 radical (unpaired) electrons. The van der Waals surface area contributed by atoms with Crippen molar-refractivity contribution in [3.63, 3.8) is 0 Å². The molecule has 2 heterocycles. The summed E-state index contributed by atoms with van der Waals surface area (Å²) >= 11 is 0. The lowest BCUT2D eigenvalue weighted by molar-refractivity contribution is -0.147. The molecule has 0 aliphatic carbocycles. The fourth-order valence-electron chi connectivity index (χ4n) is 2.37. The summed E-state index contributed by atoms with van der Waals surface area (Å²) in [5, 5.41) is 0. The van der Waals surface area contributed by atoms with Crippen LogP contribution in [0.1, 0.15) is 30.2 Å². The number of rotatable bonds is 3. The third-order valence-electron chi connectivity index (χ3n) is 3.73. The Kier molecular flexibility index (Phi) is 3.82. The minimum atomic E-state index is -0.587. The molecule has 20 heavy (non-hydrogen) atoms. The number of hydrogen-bond acceptors (Lipinski definition) is 5. The number of likely N-dealkylation sites (N-methyl/N-ethyl adjacent to an activating group) is 1. The van der Waals surface area contributed by atoms with E-state index in [1.54, 1.807) is 24.1 Å². The molecular weight excluding hydrogens is 260 g/mol. The molecule has 1 aromatic rings. The Morgan fingerprint density at radius 2 is 2.15 bits per heavy atom. The van der Waals surface area contributed by atoms with E-state index in [1.165, 1.54) is 0 Å². The van der Waals surface area contributed by atoms with Gasteiger partial charge < -0.3 is 9.32 Å². The maximum Gasteiger partial charge on any atom is 0.300 e. The van der Waals surface area contributed by atoms with Gasteiger partial charge in [-0.05, 0) is 26.0 Å². The maximum atomic E-state index is 12.2. The van der Waals surface area contributed by atoms with E-state index in [0.717, 1.165) is 6.54 Å². The number of hydrogen-bond donors (Lipinski definition) is 2. The Morgan fingerprint density at radius 1 is 1.45 bits per heavy atom. The van der Waals surface area contributed by atoms with Crippen molar-refractivity contribution in [3.8, 4) is 0 Å². The summed E-state index contributed by atoms with van der Waals surface area (Å²) in [5.74, 6) is 5.47. The van der Waals surface area contributed by atoms with Gasteiger partial charge in [-0.2, -0.15) is 0 Å². The van der Waals surface area contributed by atoms with Crippen molar-refractivity contribution in [2.45, 2.75) is 25.9 Å². The van der Waals surface area contributed by atoms with Crippen LogP contribution in [0.15, 0.2) is 16.5 Å². The first-order valence-corrected chi connectivity index (χ1v) is 6.46. The highest BCUT2D eigenvalue weighted by Crippen LogP contribution is 2.24. The molecule has 1 fully saturated rings. The van der Waals surface area contributed by atoms with Crippen LogP contribution >= 0.6 is 0 Å². The van der Waals surface area contributed by atoms with Crippen LogP contribution in [0.2, 0.25) is 0 Å². The van der Waals surface area contributed by atoms with E-state index in [2.05, 4.69) is 0 Å². The van der Waals surface area contributed by atoms with Crippen molar-refractivity contribution in [1.82, 2.24) is 15.2 Å². The summed E-state index contributed by atoms with van der Waals surface area (Å²) in [7, 11) is 1.80. The van der Waals surface area contributed by atoms with Gasteiger partial charge in [-0.15, -0.1) is 0 Å². The Balaban J connectivity index is 2.11. The lowest BCUT2D eigenvalue weighted by atomic mass is 9.97. The number of nitrogens with one attached hydrogen (secondary N) is 1. The lowest BCUT2D eigenvalue weighted by Gasteiger charge is -2.44. The molecule has 0 aromatic carbocycles. The summed E-state index contributed by atoms with van der Waals surface area (Å²) in [4.78, 5) is 27.3. The van der Waals surface area contributed by atoms with Crippen molar-refractivity contribution in [1.29, 1.82) is 0 Å². The largest absolute Gasteiger partial charge is 0.455 e. The number of nitrogen functional groups attached to an aromatic ring is 1. The summed E-state index contributed by atoms with van der Waals surface area (Å²) in [6.45, 7) is 5.70. The van der Waals surface area contributed by atoms with Crippen molar-refractivity contribution in [2.24, 2.45) is 5.84 Å². The third-order valence-corrected chi connectivity index (χ3v) is 3.73. The summed E-state index contributed by atoms with van der Waals surface area (Å²) < 4.78 is 5.44. The van der Waals surface area contributed by atoms with Crippen LogP contribution in [-0.4, -0.2) is 47.3 Å². The first-order valence-electron chi connectivity index (χ1n) is 6.46. The zero-order valence-electron chi connectivity index (χ0n) is 12.0. The molecule has 2 amide bonds. The van der Waals surface area contributed by atoms with E-state index in [9.17, 15) is 9.59 Å². The topological polar surface area (TPSA) is 91.8 Å². The molecule has 0 saturated carbocycles. The molecule has 110 valence electrons. The van der Waals surface area contributed by atoms with Gasteiger partial charge in [0.05, 0.1) is 12.1 Å². The van der Waals surface area contributed by atoms with Crippen LogP contribution in [-0.2, 0) is 11.3 Å². The van der Waals surface area contributed by atoms with E-state index in [-0.39, 0.29) is 11.7 Å². The molecule has 1 aromatic heterocycles. The van der Waals surface area contributed by atoms with E-state index in [4.69, 9.17) is 10.3 Å². The first-order chi connectivity index (χ1) is 9.36. The Bertz CT molecular complexity index is 523. The lowest BCUT2D eigenvalue weighted by Crippen LogP contribution is -2.61. The number of amides is 2. The number of piperazine rings is 1. The van der Waals surface area contributed by atoms with Gasteiger partial charge in [0.25, 0.3) is 0 Å². The average Bonchev–Trinajstić information content (AvgIpc) is 2.88. The molecule has 3 N–H and O–H groups in total. The normalized spacial score (nSPS) is 19.2. The van der Waals surface area contributed by atoms with Gasteiger partial charge in [0.1, 0.15) is 5.76 Å². The van der Waals surface area contributed by atoms with Crippen LogP contribution < -0.4 is 11.3 Å². The van der Waals surface area contributed by atoms with E-state index < -0.39 is 11.4 Å². The van der Waals surface area contributed by atoms with Crippen molar-refractivity contribution in [2.75, 3.05) is 20.1 Å². The minimum absolute atomic E-state index is 0.0789. The van der Waals surface area contributed by atoms with Crippen LogP contribution in [0.4, 0.5) is 0 Å². The van der Waals surface area contributed by atoms with E-state index >= 15 is 0 Å². The highest BCUT2D eigenvalue weighted by molar-refractivity contribution is 5.90. The minimum Gasteiger partial charge on any atom is -0.455 e. The number of carbonyl (C=O) groups excluding carboxylic acids is 2. The molecule has 1 saturated heterocycles. The van der Waals surface area contributed by atoms with Gasteiger partial charge in [-0.3, -0.25) is 19.9 Å². The quantitative estimate of drug-likeness (QED) is 0.459. The monoisotopic (exact) mass is 280 g/mol. The average molecular weight is 280 g/mol. The predicted octanol–water partition coefficient (Wildman–Crippen LogP) is -0.0643. The number of nitrogens with two attached hydrogens (primary N) is 1. The fraction of sp³-hybridized carbons (Fsp3) is 0.538. The van der Waals surface area contributed by atoms with Gasteiger partial charge in [-0.1, -0.05) is 0 Å². The SMILES string of the molecule is CN1CCN(Cc2ccc(C(=O)NN)o2)C(C)(C)C1=O. The standard InChI is InChI=1S/C13H20N4O3/c1-13(2)12(19)16(3)6-7-17(13)8-9-4-5-10(20-9)11(18)15-14/h4-5H,6-8,14H2,1-3H3,(H,15,18).